The van der Waals surface area contributed by atoms with E-state index in [1.54, 1.807) is 47.9 Å². The Labute approximate surface area is 172 Å². The number of methoxy groups -OCH3 is 1. The first-order valence-corrected chi connectivity index (χ1v) is 11.4. The van der Waals surface area contributed by atoms with Crippen LogP contribution >= 0.6 is 0 Å². The van der Waals surface area contributed by atoms with Crippen LogP contribution in [-0.2, 0) is 19.6 Å². The number of hydrogen-bond donors (Lipinski definition) is 0. The smallest absolute Gasteiger partial charge is 0.409 e. The van der Waals surface area contributed by atoms with E-state index < -0.39 is 22.2 Å². The molecule has 0 saturated carbocycles. The van der Waals surface area contributed by atoms with Crippen molar-refractivity contribution in [1.29, 1.82) is 0 Å². The molecular weight excluding hydrogens is 398 g/mol. The third-order valence-corrected chi connectivity index (χ3v) is 5.92. The Bertz CT molecular complexity index is 821. The average molecular weight is 428 g/mol. The van der Waals surface area contributed by atoms with Crippen LogP contribution in [0.1, 0.15) is 20.3 Å². The quantitative estimate of drug-likeness (QED) is 0.655. The Kier molecular flexibility index (Phi) is 7.72. The van der Waals surface area contributed by atoms with Crippen molar-refractivity contribution in [3.05, 3.63) is 24.3 Å². The first-order chi connectivity index (χ1) is 13.7. The van der Waals surface area contributed by atoms with Crippen molar-refractivity contribution in [3.8, 4) is 5.75 Å². The maximum atomic E-state index is 13.2. The lowest BCUT2D eigenvalue weighted by Crippen LogP contribution is -2.56. The highest BCUT2D eigenvalue weighted by Crippen LogP contribution is 2.27. The number of hydrogen-bond acceptors (Lipinski definition) is 6. The molecule has 1 heterocycles. The molecule has 0 spiro atoms. The molecule has 1 atom stereocenters. The fraction of sp³-hybridized carbons (Fsp3) is 0.579. The number of sulfonamides is 1. The van der Waals surface area contributed by atoms with Crippen molar-refractivity contribution in [3.63, 3.8) is 0 Å². The summed E-state index contributed by atoms with van der Waals surface area (Å²) >= 11 is 0. The summed E-state index contributed by atoms with van der Waals surface area (Å²) in [6, 6.07) is 5.74. The van der Waals surface area contributed by atoms with E-state index in [-0.39, 0.29) is 5.91 Å². The van der Waals surface area contributed by atoms with E-state index in [0.29, 0.717) is 50.6 Å². The van der Waals surface area contributed by atoms with Gasteiger partial charge >= 0.3 is 6.09 Å². The largest absolute Gasteiger partial charge is 0.497 e. The molecule has 0 aliphatic carbocycles. The summed E-state index contributed by atoms with van der Waals surface area (Å²) in [7, 11) is -2.23. The van der Waals surface area contributed by atoms with Crippen LogP contribution < -0.4 is 9.04 Å². The standard InChI is InChI=1S/C19H29N3O6S/c1-5-17(18(23)20-10-12-21(13-11-20)19(24)28-6-2)22(29(4,25)26)15-8-7-9-16(14-15)27-3/h7-9,14,17H,5-6,10-13H2,1-4H3/t17-/m1/s1. The van der Waals surface area contributed by atoms with Gasteiger partial charge in [-0.2, -0.15) is 0 Å². The number of nitrogens with zero attached hydrogens (tertiary/aromatic N) is 3. The fourth-order valence-corrected chi connectivity index (χ4v) is 4.52. The van der Waals surface area contributed by atoms with Crippen LogP contribution in [0.15, 0.2) is 24.3 Å². The van der Waals surface area contributed by atoms with Crippen molar-refractivity contribution < 1.29 is 27.5 Å². The molecule has 0 aromatic heterocycles. The second kappa shape index (κ2) is 9.82. The predicted octanol–water partition coefficient (Wildman–Crippen LogP) is 1.54. The van der Waals surface area contributed by atoms with Crippen molar-refractivity contribution in [2.24, 2.45) is 0 Å². The molecule has 9 nitrogen and oxygen atoms in total. The van der Waals surface area contributed by atoms with Gasteiger partial charge in [0, 0.05) is 32.2 Å². The van der Waals surface area contributed by atoms with Crippen LogP contribution in [0, 0.1) is 0 Å². The zero-order valence-electron chi connectivity index (χ0n) is 17.3. The molecule has 162 valence electrons. The van der Waals surface area contributed by atoms with Crippen molar-refractivity contribution >= 4 is 27.7 Å². The molecule has 10 heteroatoms. The van der Waals surface area contributed by atoms with E-state index in [0.717, 1.165) is 10.6 Å². The van der Waals surface area contributed by atoms with E-state index in [1.165, 1.54) is 7.11 Å². The van der Waals surface area contributed by atoms with Crippen LogP contribution in [0.4, 0.5) is 10.5 Å². The number of anilines is 1. The molecular formula is C19H29N3O6S. The van der Waals surface area contributed by atoms with Crippen molar-refractivity contribution in [1.82, 2.24) is 9.80 Å². The summed E-state index contributed by atoms with van der Waals surface area (Å²) in [5.41, 5.74) is 0.372. The lowest BCUT2D eigenvalue weighted by atomic mass is 10.1. The van der Waals surface area contributed by atoms with Crippen LogP contribution in [-0.4, -0.2) is 82.4 Å². The van der Waals surface area contributed by atoms with Gasteiger partial charge in [0.25, 0.3) is 0 Å². The van der Waals surface area contributed by atoms with Gasteiger partial charge in [-0.25, -0.2) is 13.2 Å². The summed E-state index contributed by atoms with van der Waals surface area (Å²) in [5, 5.41) is 0. The predicted molar refractivity (Wildman–Crippen MR) is 110 cm³/mol. The molecule has 0 unspecified atom stereocenters. The molecule has 2 amide bonds. The average Bonchev–Trinajstić information content (AvgIpc) is 2.70. The lowest BCUT2D eigenvalue weighted by Gasteiger charge is -2.38. The van der Waals surface area contributed by atoms with E-state index in [1.807, 2.05) is 0 Å². The van der Waals surface area contributed by atoms with Gasteiger partial charge in [-0.3, -0.25) is 9.10 Å². The molecule has 1 aliphatic rings. The van der Waals surface area contributed by atoms with E-state index in [9.17, 15) is 18.0 Å². The highest BCUT2D eigenvalue weighted by atomic mass is 32.2. The topological polar surface area (TPSA) is 96.5 Å². The first-order valence-electron chi connectivity index (χ1n) is 9.56. The third kappa shape index (κ3) is 5.53. The number of piperazine rings is 1. The zero-order chi connectivity index (χ0) is 21.6. The monoisotopic (exact) mass is 427 g/mol. The minimum absolute atomic E-state index is 0.288. The zero-order valence-corrected chi connectivity index (χ0v) is 18.1. The number of rotatable bonds is 7. The van der Waals surface area contributed by atoms with Crippen LogP contribution in [0.5, 0.6) is 5.75 Å². The van der Waals surface area contributed by atoms with Gasteiger partial charge in [-0.15, -0.1) is 0 Å². The molecule has 0 radical (unpaired) electrons. The Balaban J connectivity index is 2.22. The number of ether oxygens (including phenoxy) is 2. The second-order valence-electron chi connectivity index (χ2n) is 6.70. The summed E-state index contributed by atoms with van der Waals surface area (Å²) in [6.45, 7) is 5.14. The van der Waals surface area contributed by atoms with Gasteiger partial charge < -0.3 is 19.3 Å². The molecule has 1 aliphatic heterocycles. The van der Waals surface area contributed by atoms with Crippen molar-refractivity contribution in [2.45, 2.75) is 26.3 Å². The van der Waals surface area contributed by atoms with E-state index in [4.69, 9.17) is 9.47 Å². The number of benzene rings is 1. The molecule has 1 fully saturated rings. The Hall–Kier alpha value is -2.49. The second-order valence-corrected chi connectivity index (χ2v) is 8.56. The van der Waals surface area contributed by atoms with Gasteiger partial charge in [-0.05, 0) is 25.5 Å². The highest BCUT2D eigenvalue weighted by Gasteiger charge is 2.36. The van der Waals surface area contributed by atoms with Gasteiger partial charge in [-0.1, -0.05) is 13.0 Å². The number of amides is 2. The minimum Gasteiger partial charge on any atom is -0.497 e. The molecule has 29 heavy (non-hydrogen) atoms. The van der Waals surface area contributed by atoms with Crippen molar-refractivity contribution in [2.75, 3.05) is 50.5 Å². The summed E-state index contributed by atoms with van der Waals surface area (Å²) in [4.78, 5) is 28.2. The Morgan fingerprint density at radius 2 is 1.76 bits per heavy atom. The Morgan fingerprint density at radius 1 is 1.14 bits per heavy atom. The first kappa shape index (κ1) is 22.8. The molecule has 1 saturated heterocycles. The van der Waals surface area contributed by atoms with Gasteiger partial charge in [0.05, 0.1) is 25.7 Å². The van der Waals surface area contributed by atoms with E-state index in [2.05, 4.69) is 0 Å². The highest BCUT2D eigenvalue weighted by molar-refractivity contribution is 7.92. The molecule has 1 aromatic carbocycles. The summed E-state index contributed by atoms with van der Waals surface area (Å²) in [5.74, 6) is 0.214. The normalized spacial score (nSPS) is 15.6. The van der Waals surface area contributed by atoms with E-state index >= 15 is 0 Å². The van der Waals surface area contributed by atoms with Crippen LogP contribution in [0.25, 0.3) is 0 Å². The third-order valence-electron chi connectivity index (χ3n) is 4.74. The lowest BCUT2D eigenvalue weighted by molar-refractivity contribution is -0.134. The molecule has 0 N–H and O–H groups in total. The Morgan fingerprint density at radius 3 is 2.28 bits per heavy atom. The van der Waals surface area contributed by atoms with Gasteiger partial charge in [0.1, 0.15) is 11.8 Å². The molecule has 2 rings (SSSR count). The number of carbonyl (C=O) groups excluding carboxylic acids is 2. The summed E-state index contributed by atoms with van der Waals surface area (Å²) in [6.07, 6.45) is 0.989. The number of carbonyl (C=O) groups is 2. The maximum absolute atomic E-state index is 13.2. The van der Waals surface area contributed by atoms with Gasteiger partial charge in [0.15, 0.2) is 0 Å². The van der Waals surface area contributed by atoms with Crippen LogP contribution in [0.3, 0.4) is 0 Å². The minimum atomic E-state index is -3.72. The fourth-order valence-electron chi connectivity index (χ4n) is 3.33. The maximum Gasteiger partial charge on any atom is 0.409 e. The van der Waals surface area contributed by atoms with Gasteiger partial charge in [0.2, 0.25) is 15.9 Å². The summed E-state index contributed by atoms with van der Waals surface area (Å²) < 4.78 is 36.5. The molecule has 1 aromatic rings. The van der Waals surface area contributed by atoms with Crippen LogP contribution in [0.2, 0.25) is 0 Å². The molecule has 0 bridgehead atoms. The SMILES string of the molecule is CCOC(=O)N1CCN(C(=O)[C@@H](CC)N(c2cccc(OC)c2)S(C)(=O)=O)CC1.